The standard InChI is InChI=1S/C24H23N7O5/c32-20(19(13-22(33)34)27-24(35)36-15-16-6-2-1-3-7-16)14-31-21(28-29-30-31)12-17-8-4-5-9-18(17)23-25-10-11-26-23/h1-11,19H,12-15H2,(H,25,26)(H,27,35)(H,33,34). The largest absolute Gasteiger partial charge is 0.481 e. The van der Waals surface area contributed by atoms with Gasteiger partial charge < -0.3 is 20.1 Å². The number of carboxylic acid groups (broad SMARTS) is 1. The predicted molar refractivity (Wildman–Crippen MR) is 125 cm³/mol. The first-order valence-electron chi connectivity index (χ1n) is 11.0. The molecule has 0 spiro atoms. The first kappa shape index (κ1) is 24.3. The lowest BCUT2D eigenvalue weighted by molar-refractivity contribution is -0.139. The lowest BCUT2D eigenvalue weighted by Crippen LogP contribution is -2.44. The molecule has 0 bridgehead atoms. The van der Waals surface area contributed by atoms with Gasteiger partial charge >= 0.3 is 12.1 Å². The number of aromatic amines is 1. The molecule has 4 rings (SSSR count). The number of hydrogen-bond donors (Lipinski definition) is 3. The Labute approximate surface area is 205 Å². The fraction of sp³-hybridized carbons (Fsp3) is 0.208. The molecule has 2 aromatic carbocycles. The molecule has 4 aromatic rings. The molecule has 3 N–H and O–H groups in total. The molecule has 0 aliphatic rings. The van der Waals surface area contributed by atoms with Gasteiger partial charge in [-0.25, -0.2) is 14.5 Å². The van der Waals surface area contributed by atoms with Crippen molar-refractivity contribution in [2.75, 3.05) is 0 Å². The summed E-state index contributed by atoms with van der Waals surface area (Å²) in [6.45, 7) is -0.352. The molecule has 2 aromatic heterocycles. The molecule has 12 heteroatoms. The van der Waals surface area contributed by atoms with Gasteiger partial charge in [-0.2, -0.15) is 0 Å². The second-order valence-corrected chi connectivity index (χ2v) is 7.85. The first-order valence-corrected chi connectivity index (χ1v) is 11.0. The van der Waals surface area contributed by atoms with E-state index in [9.17, 15) is 19.5 Å². The van der Waals surface area contributed by atoms with Crippen LogP contribution in [-0.2, 0) is 33.9 Å². The number of imidazole rings is 1. The number of H-pyrrole nitrogens is 1. The first-order chi connectivity index (χ1) is 17.5. The number of Topliss-reactive ketones (excluding diaryl/α,β-unsaturated/α-hetero) is 1. The van der Waals surface area contributed by atoms with Crippen molar-refractivity contribution in [3.8, 4) is 11.4 Å². The molecular formula is C24H23N7O5. The summed E-state index contributed by atoms with van der Waals surface area (Å²) in [7, 11) is 0. The lowest BCUT2D eigenvalue weighted by atomic mass is 10.0. The minimum Gasteiger partial charge on any atom is -0.481 e. The maximum atomic E-state index is 12.9. The van der Waals surface area contributed by atoms with Crippen LogP contribution in [0.5, 0.6) is 0 Å². The molecule has 1 atom stereocenters. The van der Waals surface area contributed by atoms with E-state index in [1.807, 2.05) is 30.3 Å². The van der Waals surface area contributed by atoms with Crippen LogP contribution in [0.4, 0.5) is 4.79 Å². The number of carbonyl (C=O) groups is 3. The van der Waals surface area contributed by atoms with Crippen molar-refractivity contribution in [2.45, 2.75) is 32.0 Å². The van der Waals surface area contributed by atoms with Gasteiger partial charge in [-0.15, -0.1) is 5.10 Å². The van der Waals surface area contributed by atoms with Gasteiger partial charge in [0.1, 0.15) is 25.0 Å². The highest BCUT2D eigenvalue weighted by atomic mass is 16.5. The Balaban J connectivity index is 1.43. The zero-order chi connectivity index (χ0) is 25.3. The molecule has 0 saturated heterocycles. The van der Waals surface area contributed by atoms with Crippen molar-refractivity contribution in [1.29, 1.82) is 0 Å². The maximum absolute atomic E-state index is 12.9. The van der Waals surface area contributed by atoms with E-state index in [4.69, 9.17) is 4.74 Å². The highest BCUT2D eigenvalue weighted by Gasteiger charge is 2.26. The lowest BCUT2D eigenvalue weighted by Gasteiger charge is -2.16. The van der Waals surface area contributed by atoms with Gasteiger partial charge in [-0.1, -0.05) is 54.6 Å². The molecule has 1 unspecified atom stereocenters. The minimum absolute atomic E-state index is 0.0210. The Morgan fingerprint density at radius 3 is 2.61 bits per heavy atom. The number of hydrogen-bond acceptors (Lipinski definition) is 8. The summed E-state index contributed by atoms with van der Waals surface area (Å²) in [5.74, 6) is -0.758. The zero-order valence-corrected chi connectivity index (χ0v) is 19.1. The number of alkyl carbamates (subject to hydrolysis) is 1. The SMILES string of the molecule is O=C(O)CC(NC(=O)OCc1ccccc1)C(=O)Cn1nnnc1Cc1ccccc1-c1ncc[nH]1. The second kappa shape index (κ2) is 11.5. The van der Waals surface area contributed by atoms with Crippen LogP contribution in [-0.4, -0.2) is 59.2 Å². The Morgan fingerprint density at radius 2 is 1.86 bits per heavy atom. The molecule has 0 aliphatic heterocycles. The molecular weight excluding hydrogens is 466 g/mol. The normalized spacial score (nSPS) is 11.6. The molecule has 1 amide bonds. The number of nitrogens with one attached hydrogen (secondary N) is 2. The summed E-state index contributed by atoms with van der Waals surface area (Å²) in [6.07, 6.45) is 2.15. The number of aliphatic carboxylic acids is 1. The average molecular weight is 489 g/mol. The number of nitrogens with zero attached hydrogens (tertiary/aromatic N) is 5. The van der Waals surface area contributed by atoms with Gasteiger partial charge in [0.15, 0.2) is 11.6 Å². The van der Waals surface area contributed by atoms with Crippen molar-refractivity contribution < 1.29 is 24.2 Å². The summed E-state index contributed by atoms with van der Waals surface area (Å²) >= 11 is 0. The molecule has 36 heavy (non-hydrogen) atoms. The predicted octanol–water partition coefficient (Wildman–Crippen LogP) is 1.99. The highest BCUT2D eigenvalue weighted by Crippen LogP contribution is 2.22. The fourth-order valence-corrected chi connectivity index (χ4v) is 3.55. The van der Waals surface area contributed by atoms with E-state index in [-0.39, 0.29) is 13.2 Å². The Kier molecular flexibility index (Phi) is 7.76. The van der Waals surface area contributed by atoms with E-state index >= 15 is 0 Å². The summed E-state index contributed by atoms with van der Waals surface area (Å²) in [5, 5.41) is 23.2. The van der Waals surface area contributed by atoms with E-state index in [1.165, 1.54) is 4.68 Å². The van der Waals surface area contributed by atoms with Crippen LogP contribution in [0.25, 0.3) is 11.4 Å². The van der Waals surface area contributed by atoms with E-state index in [2.05, 4.69) is 30.8 Å². The number of ketones is 1. The van der Waals surface area contributed by atoms with Gasteiger partial charge in [0.25, 0.3) is 0 Å². The maximum Gasteiger partial charge on any atom is 0.408 e. The van der Waals surface area contributed by atoms with E-state index in [1.54, 1.807) is 36.7 Å². The molecule has 2 heterocycles. The van der Waals surface area contributed by atoms with Crippen molar-refractivity contribution in [2.24, 2.45) is 0 Å². The monoisotopic (exact) mass is 489 g/mol. The van der Waals surface area contributed by atoms with Gasteiger partial charge in [0, 0.05) is 24.4 Å². The van der Waals surface area contributed by atoms with Crippen LogP contribution in [0.3, 0.4) is 0 Å². The van der Waals surface area contributed by atoms with Gasteiger partial charge in [0.05, 0.1) is 6.42 Å². The Morgan fingerprint density at radius 1 is 1.08 bits per heavy atom. The van der Waals surface area contributed by atoms with Gasteiger partial charge in [0.2, 0.25) is 0 Å². The Bertz CT molecular complexity index is 1320. The third kappa shape index (κ3) is 6.38. The van der Waals surface area contributed by atoms with Crippen LogP contribution < -0.4 is 5.32 Å². The number of ether oxygens (including phenoxy) is 1. The minimum atomic E-state index is -1.32. The van der Waals surface area contributed by atoms with Gasteiger partial charge in [-0.05, 0) is 21.6 Å². The molecule has 0 fully saturated rings. The number of tetrazole rings is 1. The van der Waals surface area contributed by atoms with Gasteiger partial charge in [-0.3, -0.25) is 9.59 Å². The van der Waals surface area contributed by atoms with Crippen molar-refractivity contribution in [3.63, 3.8) is 0 Å². The molecule has 0 radical (unpaired) electrons. The Hall–Kier alpha value is -4.87. The molecule has 0 saturated carbocycles. The van der Waals surface area contributed by atoms with Crippen LogP contribution in [0, 0.1) is 0 Å². The summed E-state index contributed by atoms with van der Waals surface area (Å²) in [6, 6.07) is 15.2. The third-order valence-corrected chi connectivity index (χ3v) is 5.30. The van der Waals surface area contributed by atoms with Crippen LogP contribution in [0.15, 0.2) is 67.0 Å². The van der Waals surface area contributed by atoms with Crippen molar-refractivity contribution in [3.05, 3.63) is 83.9 Å². The fourth-order valence-electron chi connectivity index (χ4n) is 3.55. The van der Waals surface area contributed by atoms with Crippen LogP contribution >= 0.6 is 0 Å². The number of benzene rings is 2. The van der Waals surface area contributed by atoms with Crippen molar-refractivity contribution in [1.82, 2.24) is 35.5 Å². The topological polar surface area (TPSA) is 165 Å². The van der Waals surface area contributed by atoms with Crippen molar-refractivity contribution >= 4 is 17.8 Å². The zero-order valence-electron chi connectivity index (χ0n) is 19.1. The summed E-state index contributed by atoms with van der Waals surface area (Å²) in [5.41, 5.74) is 2.48. The van der Waals surface area contributed by atoms with E-state index in [0.29, 0.717) is 18.1 Å². The van der Waals surface area contributed by atoms with Crippen LogP contribution in [0.1, 0.15) is 23.4 Å². The van der Waals surface area contributed by atoms with E-state index in [0.717, 1.165) is 16.7 Å². The number of rotatable bonds is 11. The summed E-state index contributed by atoms with van der Waals surface area (Å²) < 4.78 is 6.41. The molecule has 184 valence electrons. The number of amides is 1. The summed E-state index contributed by atoms with van der Waals surface area (Å²) in [4.78, 5) is 43.9. The average Bonchev–Trinajstić information content (AvgIpc) is 3.56. The number of carbonyl (C=O) groups excluding carboxylic acids is 2. The smallest absolute Gasteiger partial charge is 0.408 e. The molecule has 0 aliphatic carbocycles. The van der Waals surface area contributed by atoms with Crippen LogP contribution in [0.2, 0.25) is 0 Å². The number of aromatic nitrogens is 6. The molecule has 12 nitrogen and oxygen atoms in total. The number of carboxylic acids is 1. The second-order valence-electron chi connectivity index (χ2n) is 7.85. The highest BCUT2D eigenvalue weighted by molar-refractivity contribution is 5.90. The van der Waals surface area contributed by atoms with E-state index < -0.39 is 30.3 Å². The third-order valence-electron chi connectivity index (χ3n) is 5.30. The quantitative estimate of drug-likeness (QED) is 0.286.